The summed E-state index contributed by atoms with van der Waals surface area (Å²) in [5.74, 6) is 1.02. The molecule has 7 nitrogen and oxygen atoms in total. The lowest BCUT2D eigenvalue weighted by Crippen LogP contribution is -2.21. The Bertz CT molecular complexity index is 506. The zero-order valence-corrected chi connectivity index (χ0v) is 11.3. The SMILES string of the molecule is Cc1nc([N+](=O)[O-])c(NCCC2=CCNCC2)n1C. The van der Waals surface area contributed by atoms with Crippen molar-refractivity contribution in [1.82, 2.24) is 14.9 Å². The van der Waals surface area contributed by atoms with Crippen LogP contribution in [0.15, 0.2) is 11.6 Å². The van der Waals surface area contributed by atoms with Gasteiger partial charge in [-0.05, 0) is 29.3 Å². The third-order valence-electron chi connectivity index (χ3n) is 3.37. The Kier molecular flexibility index (Phi) is 4.16. The Balaban J connectivity index is 1.99. The summed E-state index contributed by atoms with van der Waals surface area (Å²) >= 11 is 0. The van der Waals surface area contributed by atoms with Crippen LogP contribution in [0.4, 0.5) is 11.6 Å². The molecule has 1 aromatic rings. The summed E-state index contributed by atoms with van der Waals surface area (Å²) in [6, 6.07) is 0. The summed E-state index contributed by atoms with van der Waals surface area (Å²) < 4.78 is 1.72. The molecule has 2 rings (SSSR count). The fraction of sp³-hybridized carbons (Fsp3) is 0.583. The molecule has 7 heteroatoms. The third-order valence-corrected chi connectivity index (χ3v) is 3.37. The van der Waals surface area contributed by atoms with Crippen molar-refractivity contribution in [2.45, 2.75) is 19.8 Å². The van der Waals surface area contributed by atoms with Crippen molar-refractivity contribution >= 4 is 11.6 Å². The molecule has 0 bridgehead atoms. The number of imidazole rings is 1. The average molecular weight is 265 g/mol. The van der Waals surface area contributed by atoms with Crippen LogP contribution in [0, 0.1) is 17.0 Å². The van der Waals surface area contributed by atoms with Crippen molar-refractivity contribution in [2.24, 2.45) is 7.05 Å². The third kappa shape index (κ3) is 3.11. The van der Waals surface area contributed by atoms with Gasteiger partial charge in [0, 0.05) is 27.1 Å². The van der Waals surface area contributed by atoms with E-state index in [1.807, 2.05) is 0 Å². The number of hydrogen-bond acceptors (Lipinski definition) is 5. The molecule has 2 heterocycles. The fourth-order valence-corrected chi connectivity index (χ4v) is 2.16. The molecule has 0 aromatic carbocycles. The zero-order valence-electron chi connectivity index (χ0n) is 11.3. The number of anilines is 1. The van der Waals surface area contributed by atoms with Crippen LogP contribution in [0.5, 0.6) is 0 Å². The number of nitrogens with zero attached hydrogens (tertiary/aromatic N) is 3. The largest absolute Gasteiger partial charge is 0.406 e. The van der Waals surface area contributed by atoms with Gasteiger partial charge in [-0.25, -0.2) is 0 Å². The molecule has 1 aromatic heterocycles. The molecule has 104 valence electrons. The predicted octanol–water partition coefficient (Wildman–Crippen LogP) is 1.36. The van der Waals surface area contributed by atoms with Gasteiger partial charge < -0.3 is 20.7 Å². The summed E-state index contributed by atoms with van der Waals surface area (Å²) in [5.41, 5.74) is 1.40. The highest BCUT2D eigenvalue weighted by Gasteiger charge is 2.23. The maximum Gasteiger partial charge on any atom is 0.406 e. The van der Waals surface area contributed by atoms with E-state index in [1.54, 1.807) is 18.5 Å². The average Bonchev–Trinajstić information content (AvgIpc) is 2.68. The van der Waals surface area contributed by atoms with Crippen molar-refractivity contribution in [3.05, 3.63) is 27.6 Å². The number of hydrogen-bond donors (Lipinski definition) is 2. The number of aryl methyl sites for hydroxylation is 1. The Hall–Kier alpha value is -1.89. The van der Waals surface area contributed by atoms with Gasteiger partial charge in [0.15, 0.2) is 0 Å². The van der Waals surface area contributed by atoms with Crippen LogP contribution in [-0.4, -0.2) is 34.1 Å². The lowest BCUT2D eigenvalue weighted by molar-refractivity contribution is -0.388. The second kappa shape index (κ2) is 5.83. The normalized spacial score (nSPS) is 15.2. The molecular formula is C12H19N5O2. The molecule has 1 aliphatic rings. The quantitative estimate of drug-likeness (QED) is 0.477. The second-order valence-corrected chi connectivity index (χ2v) is 4.64. The first-order valence-electron chi connectivity index (χ1n) is 6.40. The van der Waals surface area contributed by atoms with E-state index in [0.29, 0.717) is 18.2 Å². The molecule has 0 atom stereocenters. The van der Waals surface area contributed by atoms with Gasteiger partial charge in [-0.15, -0.1) is 0 Å². The van der Waals surface area contributed by atoms with Gasteiger partial charge in [-0.3, -0.25) is 4.57 Å². The van der Waals surface area contributed by atoms with Crippen molar-refractivity contribution in [1.29, 1.82) is 0 Å². The van der Waals surface area contributed by atoms with E-state index < -0.39 is 4.92 Å². The van der Waals surface area contributed by atoms with E-state index in [9.17, 15) is 10.1 Å². The lowest BCUT2D eigenvalue weighted by atomic mass is 10.1. The molecule has 0 aliphatic carbocycles. The first kappa shape index (κ1) is 13.5. The molecule has 0 radical (unpaired) electrons. The van der Waals surface area contributed by atoms with E-state index in [0.717, 1.165) is 25.9 Å². The number of rotatable bonds is 5. The topological polar surface area (TPSA) is 85.0 Å². The summed E-state index contributed by atoms with van der Waals surface area (Å²) in [6.07, 6.45) is 4.14. The van der Waals surface area contributed by atoms with Crippen LogP contribution in [0.25, 0.3) is 0 Å². The van der Waals surface area contributed by atoms with Crippen LogP contribution >= 0.6 is 0 Å². The predicted molar refractivity (Wildman–Crippen MR) is 73.3 cm³/mol. The smallest absolute Gasteiger partial charge is 0.364 e. The highest BCUT2D eigenvalue weighted by Crippen LogP contribution is 2.24. The van der Waals surface area contributed by atoms with Gasteiger partial charge in [-0.2, -0.15) is 0 Å². The minimum atomic E-state index is -0.445. The monoisotopic (exact) mass is 265 g/mol. The minimum absolute atomic E-state index is 0.0979. The van der Waals surface area contributed by atoms with Gasteiger partial charge >= 0.3 is 5.82 Å². The van der Waals surface area contributed by atoms with Gasteiger partial charge in [0.1, 0.15) is 0 Å². The summed E-state index contributed by atoms with van der Waals surface area (Å²) in [7, 11) is 1.78. The number of nitro groups is 1. The molecule has 0 unspecified atom stereocenters. The first-order chi connectivity index (χ1) is 9.09. The lowest BCUT2D eigenvalue weighted by Gasteiger charge is -2.14. The van der Waals surface area contributed by atoms with Crippen LogP contribution in [0.3, 0.4) is 0 Å². The van der Waals surface area contributed by atoms with Crippen molar-refractivity contribution in [2.75, 3.05) is 25.0 Å². The Morgan fingerprint density at radius 2 is 2.42 bits per heavy atom. The standard InChI is InChI=1S/C12H19N5O2/c1-9-15-12(17(18)19)11(16(9)2)14-8-5-10-3-6-13-7-4-10/h3,13-14H,4-8H2,1-2H3. The highest BCUT2D eigenvalue weighted by molar-refractivity contribution is 5.53. The number of aromatic nitrogens is 2. The van der Waals surface area contributed by atoms with Crippen LogP contribution < -0.4 is 10.6 Å². The molecule has 0 spiro atoms. The number of nitrogens with one attached hydrogen (secondary N) is 2. The fourth-order valence-electron chi connectivity index (χ4n) is 2.16. The van der Waals surface area contributed by atoms with Gasteiger partial charge in [0.2, 0.25) is 11.6 Å². The van der Waals surface area contributed by atoms with Crippen molar-refractivity contribution < 1.29 is 4.92 Å². The molecule has 0 fully saturated rings. The highest BCUT2D eigenvalue weighted by atomic mass is 16.6. The van der Waals surface area contributed by atoms with Gasteiger partial charge in [0.05, 0.1) is 0 Å². The minimum Gasteiger partial charge on any atom is -0.364 e. The molecule has 2 N–H and O–H groups in total. The maximum absolute atomic E-state index is 10.9. The Morgan fingerprint density at radius 1 is 1.63 bits per heavy atom. The van der Waals surface area contributed by atoms with E-state index >= 15 is 0 Å². The van der Waals surface area contributed by atoms with Crippen molar-refractivity contribution in [3.63, 3.8) is 0 Å². The summed E-state index contributed by atoms with van der Waals surface area (Å²) in [6.45, 7) is 4.37. The van der Waals surface area contributed by atoms with E-state index in [1.165, 1.54) is 5.57 Å². The molecule has 1 aliphatic heterocycles. The molecule has 0 amide bonds. The van der Waals surface area contributed by atoms with E-state index in [2.05, 4.69) is 21.7 Å². The molecule has 19 heavy (non-hydrogen) atoms. The zero-order chi connectivity index (χ0) is 13.8. The van der Waals surface area contributed by atoms with Crippen LogP contribution in [0.1, 0.15) is 18.7 Å². The van der Waals surface area contributed by atoms with Gasteiger partial charge in [0.25, 0.3) is 0 Å². The van der Waals surface area contributed by atoms with Crippen molar-refractivity contribution in [3.8, 4) is 0 Å². The van der Waals surface area contributed by atoms with Crippen LogP contribution in [-0.2, 0) is 7.05 Å². The first-order valence-corrected chi connectivity index (χ1v) is 6.40. The molecule has 0 saturated heterocycles. The Labute approximate surface area is 111 Å². The maximum atomic E-state index is 10.9. The second-order valence-electron chi connectivity index (χ2n) is 4.64. The summed E-state index contributed by atoms with van der Waals surface area (Å²) in [4.78, 5) is 14.4. The van der Waals surface area contributed by atoms with Gasteiger partial charge in [-0.1, -0.05) is 11.6 Å². The van der Waals surface area contributed by atoms with Crippen LogP contribution in [0.2, 0.25) is 0 Å². The summed E-state index contributed by atoms with van der Waals surface area (Å²) in [5, 5.41) is 17.3. The molecule has 0 saturated carbocycles. The molecular weight excluding hydrogens is 246 g/mol. The van der Waals surface area contributed by atoms with E-state index in [-0.39, 0.29) is 5.82 Å². The Morgan fingerprint density at radius 3 is 3.05 bits per heavy atom. The van der Waals surface area contributed by atoms with E-state index in [4.69, 9.17) is 0 Å².